The number of hydrogen-bond acceptors (Lipinski definition) is 5. The number of hydrogen-bond donors (Lipinski definition) is 2. The van der Waals surface area contributed by atoms with Gasteiger partial charge in [-0.1, -0.05) is 35.9 Å². The van der Waals surface area contributed by atoms with Gasteiger partial charge >= 0.3 is 12.0 Å². The lowest BCUT2D eigenvalue weighted by atomic mass is 10.1. The Hall–Kier alpha value is -2.93. The number of rotatable bonds is 6. The topological polar surface area (TPSA) is 84.5 Å². The molecule has 6 nitrogen and oxygen atoms in total. The number of nitrogens with one attached hydrogen (secondary N) is 2. The Kier molecular flexibility index (Phi) is 7.52. The highest BCUT2D eigenvalue weighted by Crippen LogP contribution is 2.25. The molecule has 0 fully saturated rings. The Labute approximate surface area is 168 Å². The van der Waals surface area contributed by atoms with Gasteiger partial charge in [-0.25, -0.2) is 9.59 Å². The van der Waals surface area contributed by atoms with Gasteiger partial charge in [0.15, 0.2) is 6.10 Å². The van der Waals surface area contributed by atoms with Gasteiger partial charge in [0.05, 0.1) is 5.57 Å². The Bertz CT molecular complexity index is 872. The molecular weight excluding hydrogens is 376 g/mol. The van der Waals surface area contributed by atoms with Crippen LogP contribution in [0.4, 0.5) is 4.79 Å². The summed E-state index contributed by atoms with van der Waals surface area (Å²) in [6.07, 6.45) is 0.614. The normalized spacial score (nSPS) is 12.4. The first kappa shape index (κ1) is 21.4. The molecule has 148 valence electrons. The Morgan fingerprint density at radius 3 is 2.46 bits per heavy atom. The molecule has 0 saturated carbocycles. The number of carbonyl (C=O) groups is 3. The molecule has 1 aromatic carbocycles. The molecule has 0 aliphatic heterocycles. The van der Waals surface area contributed by atoms with Crippen molar-refractivity contribution >= 4 is 40.9 Å². The monoisotopic (exact) mass is 400 g/mol. The lowest BCUT2D eigenvalue weighted by molar-refractivity contribution is -0.148. The molecule has 0 bridgehead atoms. The third kappa shape index (κ3) is 6.35. The Morgan fingerprint density at radius 2 is 1.86 bits per heavy atom. The molecule has 0 saturated heterocycles. The second kappa shape index (κ2) is 9.85. The summed E-state index contributed by atoms with van der Waals surface area (Å²) in [5.41, 5.74) is 2.28. The summed E-state index contributed by atoms with van der Waals surface area (Å²) in [5, 5.41) is 6.57. The number of carbonyl (C=O) groups excluding carboxylic acids is 3. The lowest BCUT2D eigenvalue weighted by Gasteiger charge is -2.15. The summed E-state index contributed by atoms with van der Waals surface area (Å²) in [6, 6.07) is 10.6. The molecule has 28 heavy (non-hydrogen) atoms. The first-order valence-corrected chi connectivity index (χ1v) is 9.79. The smallest absolute Gasteiger partial charge is 0.340 e. The average Bonchev–Trinajstić information content (AvgIpc) is 3.13. The van der Waals surface area contributed by atoms with Crippen LogP contribution in [0.1, 0.15) is 36.8 Å². The van der Waals surface area contributed by atoms with Crippen LogP contribution in [0.3, 0.4) is 0 Å². The first-order chi connectivity index (χ1) is 13.3. The maximum atomic E-state index is 12.7. The zero-order valence-electron chi connectivity index (χ0n) is 16.3. The highest BCUT2D eigenvalue weighted by atomic mass is 32.1. The van der Waals surface area contributed by atoms with Crippen LogP contribution in [0, 0.1) is 6.92 Å². The number of ether oxygens (including phenoxy) is 1. The van der Waals surface area contributed by atoms with E-state index >= 15 is 0 Å². The van der Waals surface area contributed by atoms with Crippen LogP contribution in [0.2, 0.25) is 0 Å². The number of esters is 1. The maximum Gasteiger partial charge on any atom is 0.340 e. The second-order valence-corrected chi connectivity index (χ2v) is 7.56. The molecule has 7 heteroatoms. The van der Waals surface area contributed by atoms with E-state index in [1.165, 1.54) is 18.3 Å². The predicted octanol–water partition coefficient (Wildman–Crippen LogP) is 3.76. The van der Waals surface area contributed by atoms with Gasteiger partial charge in [-0.2, -0.15) is 0 Å². The van der Waals surface area contributed by atoms with Gasteiger partial charge in [0.25, 0.3) is 5.91 Å². The number of imide groups is 1. The van der Waals surface area contributed by atoms with E-state index in [0.717, 1.165) is 16.0 Å². The van der Waals surface area contributed by atoms with Crippen molar-refractivity contribution in [3.05, 3.63) is 57.8 Å². The number of aryl methyl sites for hydroxylation is 1. The van der Waals surface area contributed by atoms with E-state index in [1.807, 2.05) is 48.7 Å². The molecule has 1 aromatic heterocycles. The third-order valence-electron chi connectivity index (χ3n) is 3.67. The molecule has 0 unspecified atom stereocenters. The molecule has 0 spiro atoms. The molecule has 2 aromatic rings. The highest BCUT2D eigenvalue weighted by molar-refractivity contribution is 7.11. The van der Waals surface area contributed by atoms with Crippen molar-refractivity contribution in [1.29, 1.82) is 0 Å². The molecule has 1 heterocycles. The predicted molar refractivity (Wildman–Crippen MR) is 111 cm³/mol. The van der Waals surface area contributed by atoms with Crippen molar-refractivity contribution in [3.8, 4) is 0 Å². The molecular formula is C21H24N2O4S. The van der Waals surface area contributed by atoms with Gasteiger partial charge in [0.2, 0.25) is 0 Å². The van der Waals surface area contributed by atoms with Crippen LogP contribution in [0.15, 0.2) is 41.8 Å². The molecule has 1 atom stereocenters. The zero-order chi connectivity index (χ0) is 20.7. The number of thiophene rings is 1. The molecule has 0 aliphatic carbocycles. The van der Waals surface area contributed by atoms with Crippen LogP contribution in [-0.2, 0) is 14.3 Å². The molecule has 2 N–H and O–H groups in total. The van der Waals surface area contributed by atoms with Crippen LogP contribution >= 0.6 is 11.3 Å². The quantitative estimate of drug-likeness (QED) is 0.571. The third-order valence-corrected chi connectivity index (χ3v) is 4.57. The minimum Gasteiger partial charge on any atom is -0.449 e. The van der Waals surface area contributed by atoms with Gasteiger partial charge in [-0.3, -0.25) is 10.1 Å². The fraction of sp³-hybridized carbons (Fsp3) is 0.286. The number of urea groups is 1. The van der Waals surface area contributed by atoms with Crippen molar-refractivity contribution in [2.45, 2.75) is 39.8 Å². The average molecular weight is 401 g/mol. The van der Waals surface area contributed by atoms with Crippen LogP contribution in [0.5, 0.6) is 0 Å². The summed E-state index contributed by atoms with van der Waals surface area (Å²) in [7, 11) is 0. The SMILES string of the molecule is Cc1cccc(/C=C(/C(=O)O[C@@H](C)C(=O)NC(=O)NC(C)C)c2cccs2)c1. The van der Waals surface area contributed by atoms with Crippen molar-refractivity contribution in [2.75, 3.05) is 0 Å². The van der Waals surface area contributed by atoms with Crippen LogP contribution < -0.4 is 10.6 Å². The Morgan fingerprint density at radius 1 is 1.11 bits per heavy atom. The zero-order valence-corrected chi connectivity index (χ0v) is 17.1. The van der Waals surface area contributed by atoms with Gasteiger partial charge in [-0.15, -0.1) is 11.3 Å². The van der Waals surface area contributed by atoms with E-state index in [0.29, 0.717) is 5.57 Å². The minimum absolute atomic E-state index is 0.117. The van der Waals surface area contributed by atoms with E-state index < -0.39 is 24.0 Å². The van der Waals surface area contributed by atoms with E-state index in [-0.39, 0.29) is 6.04 Å². The summed E-state index contributed by atoms with van der Waals surface area (Å²) in [4.78, 5) is 37.2. The van der Waals surface area contributed by atoms with Crippen molar-refractivity contribution in [3.63, 3.8) is 0 Å². The maximum absolute atomic E-state index is 12.7. The lowest BCUT2D eigenvalue weighted by Crippen LogP contribution is -2.46. The van der Waals surface area contributed by atoms with E-state index in [1.54, 1.807) is 19.9 Å². The Balaban J connectivity index is 2.15. The molecule has 2 rings (SSSR count). The number of benzene rings is 1. The second-order valence-electron chi connectivity index (χ2n) is 6.61. The van der Waals surface area contributed by atoms with Crippen molar-refractivity contribution in [1.82, 2.24) is 10.6 Å². The molecule has 0 aliphatic rings. The molecule has 0 radical (unpaired) electrons. The van der Waals surface area contributed by atoms with E-state index in [9.17, 15) is 14.4 Å². The van der Waals surface area contributed by atoms with E-state index in [2.05, 4.69) is 10.6 Å². The van der Waals surface area contributed by atoms with Gasteiger partial charge in [0.1, 0.15) is 0 Å². The van der Waals surface area contributed by atoms with E-state index in [4.69, 9.17) is 4.74 Å². The summed E-state index contributed by atoms with van der Waals surface area (Å²) >= 11 is 1.40. The largest absolute Gasteiger partial charge is 0.449 e. The summed E-state index contributed by atoms with van der Waals surface area (Å²) in [6.45, 7) is 6.94. The summed E-state index contributed by atoms with van der Waals surface area (Å²) < 4.78 is 5.31. The summed E-state index contributed by atoms with van der Waals surface area (Å²) in [5.74, 6) is -1.32. The van der Waals surface area contributed by atoms with Gasteiger partial charge in [-0.05, 0) is 50.8 Å². The number of amides is 3. The van der Waals surface area contributed by atoms with Crippen LogP contribution in [0.25, 0.3) is 11.6 Å². The first-order valence-electron chi connectivity index (χ1n) is 8.91. The standard InChI is InChI=1S/C21H24N2O4S/c1-13(2)22-21(26)23-19(24)15(4)27-20(25)17(18-9-6-10-28-18)12-16-8-5-7-14(3)11-16/h5-13,15H,1-4H3,(H2,22,23,24,26)/b17-12+/t15-/m0/s1. The van der Waals surface area contributed by atoms with Gasteiger partial charge < -0.3 is 10.1 Å². The van der Waals surface area contributed by atoms with Gasteiger partial charge in [0, 0.05) is 10.9 Å². The fourth-order valence-corrected chi connectivity index (χ4v) is 3.11. The highest BCUT2D eigenvalue weighted by Gasteiger charge is 2.23. The van der Waals surface area contributed by atoms with Crippen LogP contribution in [-0.4, -0.2) is 30.1 Å². The minimum atomic E-state index is -1.12. The van der Waals surface area contributed by atoms with Crippen molar-refractivity contribution in [2.24, 2.45) is 0 Å². The fourth-order valence-electron chi connectivity index (χ4n) is 2.38. The van der Waals surface area contributed by atoms with Crippen molar-refractivity contribution < 1.29 is 19.1 Å². The molecule has 3 amide bonds.